The first kappa shape index (κ1) is 21.8. The molecule has 1 rings (SSSR count). The summed E-state index contributed by atoms with van der Waals surface area (Å²) in [6.07, 6.45) is -9.66. The molecule has 0 unspecified atom stereocenters. The van der Waals surface area contributed by atoms with Gasteiger partial charge < -0.3 is 0 Å². The van der Waals surface area contributed by atoms with E-state index in [9.17, 15) is 48.7 Å². The normalized spacial score (nSPS) is 16.4. The topological polar surface area (TPSA) is 99.2 Å². The lowest BCUT2D eigenvalue weighted by molar-refractivity contribution is -0.463. The molecule has 0 radical (unpaired) electrons. The van der Waals surface area contributed by atoms with Crippen LogP contribution in [0, 0.1) is 0 Å². The molecule has 0 atom stereocenters. The molecule has 148 valence electrons. The van der Waals surface area contributed by atoms with Gasteiger partial charge in [-0.25, -0.2) is 0 Å². The van der Waals surface area contributed by atoms with Gasteiger partial charge in [0.2, 0.25) is 0 Å². The van der Waals surface area contributed by atoms with Gasteiger partial charge in [0.25, 0.3) is 11.8 Å². The van der Waals surface area contributed by atoms with Crippen LogP contribution in [0.2, 0.25) is 0 Å². The Morgan fingerprint density at radius 2 is 1.38 bits per heavy atom. The van der Waals surface area contributed by atoms with Gasteiger partial charge in [-0.05, 0) is 13.8 Å². The summed E-state index contributed by atoms with van der Waals surface area (Å²) in [5.74, 6) is -3.08. The van der Waals surface area contributed by atoms with Crippen LogP contribution in [0.5, 0.6) is 0 Å². The molecule has 0 saturated carbocycles. The van der Waals surface area contributed by atoms with Gasteiger partial charge in [-0.2, -0.15) is 39.2 Å². The van der Waals surface area contributed by atoms with Crippen molar-refractivity contribution < 1.29 is 62.8 Å². The molecule has 1 aliphatic rings. The van der Waals surface area contributed by atoms with E-state index in [4.69, 9.17) is 0 Å². The van der Waals surface area contributed by atoms with Crippen LogP contribution in [0.25, 0.3) is 0 Å². The molecule has 1 heterocycles. The van der Waals surface area contributed by atoms with Crippen molar-refractivity contribution in [2.75, 3.05) is 0 Å². The highest BCUT2D eigenvalue weighted by molar-refractivity contribution is 7.87. The Labute approximate surface area is 139 Å². The van der Waals surface area contributed by atoms with E-state index in [1.807, 2.05) is 0 Å². The third-order valence-corrected chi connectivity index (χ3v) is 3.98. The van der Waals surface area contributed by atoms with Crippen LogP contribution in [0.15, 0.2) is 23.2 Å². The minimum atomic E-state index is -6.84. The third-order valence-electron chi connectivity index (χ3n) is 2.77. The summed E-state index contributed by atoms with van der Waals surface area (Å²) in [5.41, 5.74) is -0.851. The summed E-state index contributed by atoms with van der Waals surface area (Å²) in [7, 11) is -6.84. The zero-order valence-electron chi connectivity index (χ0n) is 12.4. The van der Waals surface area contributed by atoms with Crippen LogP contribution in [-0.2, 0) is 33.8 Å². The Morgan fingerprint density at radius 3 is 1.77 bits per heavy atom. The van der Waals surface area contributed by atoms with Crippen molar-refractivity contribution in [3.8, 4) is 0 Å². The van der Waals surface area contributed by atoms with Gasteiger partial charge in [-0.1, -0.05) is 0 Å². The third kappa shape index (κ3) is 3.65. The highest BCUT2D eigenvalue weighted by atomic mass is 32.2. The largest absolute Gasteiger partial charge is 0.472 e. The van der Waals surface area contributed by atoms with E-state index in [1.54, 1.807) is 0 Å². The first-order chi connectivity index (χ1) is 11.6. The summed E-state index contributed by atoms with van der Waals surface area (Å²) in [5, 5.41) is -7.15. The predicted molar refractivity (Wildman–Crippen MR) is 62.6 cm³/mol. The van der Waals surface area contributed by atoms with Gasteiger partial charge in [0.15, 0.2) is 0 Å². The van der Waals surface area contributed by atoms with Crippen LogP contribution in [-0.4, -0.2) is 36.7 Å². The lowest BCUT2D eigenvalue weighted by atomic mass is 10.2. The second-order valence-corrected chi connectivity index (χ2v) is 5.99. The SMILES string of the molecule is CC1=C(C)C(=O)N(OS(=O)(=O)C(F)(F)C(F)(F)OOC(F)=C(F)F)C1=O. The van der Waals surface area contributed by atoms with Gasteiger partial charge in [0, 0.05) is 11.1 Å². The molecule has 0 aromatic heterocycles. The predicted octanol–water partition coefficient (Wildman–Crippen LogP) is 2.12. The summed E-state index contributed by atoms with van der Waals surface area (Å²) in [4.78, 5) is 28.0. The Balaban J connectivity index is 3.08. The van der Waals surface area contributed by atoms with Crippen molar-refractivity contribution in [2.45, 2.75) is 25.2 Å². The summed E-state index contributed by atoms with van der Waals surface area (Å²) in [6, 6.07) is -3.15. The van der Waals surface area contributed by atoms with Crippen LogP contribution in [0.1, 0.15) is 13.8 Å². The van der Waals surface area contributed by atoms with Crippen LogP contribution in [0.3, 0.4) is 0 Å². The Morgan fingerprint density at radius 1 is 0.962 bits per heavy atom. The molecule has 0 aromatic rings. The van der Waals surface area contributed by atoms with Crippen LogP contribution in [0.4, 0.5) is 30.7 Å². The average Bonchev–Trinajstić information content (AvgIpc) is 2.69. The number of carbonyl (C=O) groups excluding carboxylic acids is 2. The maximum atomic E-state index is 13.5. The second kappa shape index (κ2) is 6.84. The molecule has 0 fully saturated rings. The fourth-order valence-corrected chi connectivity index (χ4v) is 2.00. The second-order valence-electron chi connectivity index (χ2n) is 4.42. The highest BCUT2D eigenvalue weighted by Crippen LogP contribution is 2.42. The molecule has 0 N–H and O–H groups in total. The minimum Gasteiger partial charge on any atom is -0.294 e. The number of amides is 2. The average molecular weight is 417 g/mol. The van der Waals surface area contributed by atoms with Gasteiger partial charge >= 0.3 is 33.6 Å². The molecule has 2 amide bonds. The monoisotopic (exact) mass is 417 g/mol. The van der Waals surface area contributed by atoms with Crippen LogP contribution >= 0.6 is 0 Å². The number of carbonyl (C=O) groups is 2. The van der Waals surface area contributed by atoms with E-state index in [0.29, 0.717) is 0 Å². The van der Waals surface area contributed by atoms with E-state index in [1.165, 1.54) is 0 Å². The van der Waals surface area contributed by atoms with Crippen molar-refractivity contribution in [1.82, 2.24) is 5.06 Å². The maximum Gasteiger partial charge on any atom is 0.472 e. The van der Waals surface area contributed by atoms with Gasteiger partial charge in [0.05, 0.1) is 0 Å². The summed E-state index contributed by atoms with van der Waals surface area (Å²) < 4.78 is 115. The van der Waals surface area contributed by atoms with Gasteiger partial charge in [-0.15, -0.1) is 14.2 Å². The fourth-order valence-electron chi connectivity index (χ4n) is 1.24. The highest BCUT2D eigenvalue weighted by Gasteiger charge is 2.71. The standard InChI is InChI=1S/C10H6F7NO7S/c1-3-4(2)8(20)18(7(3)19)25-26(21,22)10(16,17)9(14,15)24-23-6(13)5(11)12/h1-2H3. The number of alkyl halides is 4. The molecule has 0 spiro atoms. The summed E-state index contributed by atoms with van der Waals surface area (Å²) in [6.45, 7) is 1.96. The first-order valence-electron chi connectivity index (χ1n) is 5.89. The van der Waals surface area contributed by atoms with Crippen molar-refractivity contribution in [1.29, 1.82) is 0 Å². The van der Waals surface area contributed by atoms with Gasteiger partial charge in [-0.3, -0.25) is 14.5 Å². The number of hydrogen-bond acceptors (Lipinski definition) is 7. The van der Waals surface area contributed by atoms with E-state index in [-0.39, 0.29) is 0 Å². The number of hydroxylamine groups is 2. The Kier molecular flexibility index (Phi) is 5.75. The van der Waals surface area contributed by atoms with E-state index in [0.717, 1.165) is 13.8 Å². The van der Waals surface area contributed by atoms with Crippen molar-refractivity contribution >= 4 is 21.9 Å². The zero-order valence-corrected chi connectivity index (χ0v) is 13.2. The molecular weight excluding hydrogens is 411 g/mol. The molecular formula is C10H6F7NO7S. The molecule has 0 aliphatic carbocycles. The number of hydrogen-bond donors (Lipinski definition) is 0. The zero-order chi connectivity index (χ0) is 20.7. The molecule has 0 saturated heterocycles. The molecule has 0 bridgehead atoms. The first-order valence-corrected chi connectivity index (χ1v) is 7.30. The van der Waals surface area contributed by atoms with Gasteiger partial charge in [0.1, 0.15) is 0 Å². The van der Waals surface area contributed by atoms with Crippen molar-refractivity contribution in [2.24, 2.45) is 0 Å². The maximum absolute atomic E-state index is 13.5. The van der Waals surface area contributed by atoms with Crippen LogP contribution < -0.4 is 0 Å². The quantitative estimate of drug-likeness (QED) is 0.206. The fraction of sp³-hybridized carbons (Fsp3) is 0.400. The number of nitrogens with zero attached hydrogens (tertiary/aromatic N) is 1. The van der Waals surface area contributed by atoms with Crippen molar-refractivity contribution in [3.05, 3.63) is 23.2 Å². The van der Waals surface area contributed by atoms with E-state index < -0.39 is 61.6 Å². The number of halogens is 7. The summed E-state index contributed by atoms with van der Waals surface area (Å²) >= 11 is 0. The molecule has 16 heteroatoms. The number of rotatable bonds is 7. The molecule has 8 nitrogen and oxygen atoms in total. The lowest BCUT2D eigenvalue weighted by Gasteiger charge is -2.24. The minimum absolute atomic E-state index is 0.425. The smallest absolute Gasteiger partial charge is 0.294 e. The molecule has 26 heavy (non-hydrogen) atoms. The molecule has 0 aromatic carbocycles. The number of imide groups is 1. The van der Waals surface area contributed by atoms with Crippen molar-refractivity contribution in [3.63, 3.8) is 0 Å². The Hall–Kier alpha value is -2.20. The molecule has 1 aliphatic heterocycles. The lowest BCUT2D eigenvalue weighted by Crippen LogP contribution is -2.51. The van der Waals surface area contributed by atoms with E-state index >= 15 is 0 Å². The van der Waals surface area contributed by atoms with E-state index in [2.05, 4.69) is 14.1 Å². The Bertz CT molecular complexity index is 777.